The van der Waals surface area contributed by atoms with Crippen LogP contribution in [-0.4, -0.2) is 19.7 Å². The standard InChI is InChI=1S/C9H12N4S2/c1-2-3-8-11-12-9(14)13(8)5-7-4-10-6-15-7/h4,6H,2-3,5H2,1H3,(H,12,14). The summed E-state index contributed by atoms with van der Waals surface area (Å²) >= 11 is 6.83. The number of hydrogen-bond donors (Lipinski definition) is 1. The fourth-order valence-corrected chi connectivity index (χ4v) is 2.20. The molecule has 80 valence electrons. The SMILES string of the molecule is CCCc1n[nH]c(=S)n1Cc1cncs1. The molecule has 15 heavy (non-hydrogen) atoms. The minimum Gasteiger partial charge on any atom is -0.299 e. The highest BCUT2D eigenvalue weighted by atomic mass is 32.1. The van der Waals surface area contributed by atoms with Crippen molar-refractivity contribution in [2.24, 2.45) is 0 Å². The predicted octanol–water partition coefficient (Wildman–Crippen LogP) is 2.40. The molecule has 0 aromatic carbocycles. The Morgan fingerprint density at radius 3 is 3.13 bits per heavy atom. The molecule has 0 bridgehead atoms. The van der Waals surface area contributed by atoms with Gasteiger partial charge in [-0.15, -0.1) is 11.3 Å². The Hall–Kier alpha value is -1.01. The average molecular weight is 240 g/mol. The fourth-order valence-electron chi connectivity index (χ4n) is 1.40. The molecule has 0 saturated heterocycles. The van der Waals surface area contributed by atoms with Crippen LogP contribution in [0.4, 0.5) is 0 Å². The Kier molecular flexibility index (Phi) is 3.27. The molecule has 1 N–H and O–H groups in total. The Bertz CT molecular complexity index is 469. The maximum Gasteiger partial charge on any atom is 0.195 e. The lowest BCUT2D eigenvalue weighted by atomic mass is 10.3. The third-order valence-corrected chi connectivity index (χ3v) is 3.18. The normalized spacial score (nSPS) is 10.7. The van der Waals surface area contributed by atoms with E-state index in [1.165, 1.54) is 4.88 Å². The number of nitrogens with zero attached hydrogens (tertiary/aromatic N) is 3. The van der Waals surface area contributed by atoms with Crippen molar-refractivity contribution in [1.82, 2.24) is 19.7 Å². The molecule has 0 aliphatic rings. The molecule has 0 spiro atoms. The lowest BCUT2D eigenvalue weighted by Crippen LogP contribution is -2.04. The van der Waals surface area contributed by atoms with Crippen molar-refractivity contribution in [1.29, 1.82) is 0 Å². The number of thiazole rings is 1. The van der Waals surface area contributed by atoms with Crippen LogP contribution in [0.3, 0.4) is 0 Å². The molecular weight excluding hydrogens is 228 g/mol. The first kappa shape index (κ1) is 10.5. The van der Waals surface area contributed by atoms with Crippen molar-refractivity contribution in [3.05, 3.63) is 27.2 Å². The first-order valence-corrected chi connectivity index (χ1v) is 6.11. The molecule has 0 aliphatic carbocycles. The minimum absolute atomic E-state index is 0.687. The van der Waals surface area contributed by atoms with E-state index in [9.17, 15) is 0 Å². The molecule has 0 fully saturated rings. The molecule has 0 atom stereocenters. The van der Waals surface area contributed by atoms with E-state index in [1.54, 1.807) is 11.3 Å². The largest absolute Gasteiger partial charge is 0.299 e. The van der Waals surface area contributed by atoms with Gasteiger partial charge in [-0.05, 0) is 18.6 Å². The first-order valence-electron chi connectivity index (χ1n) is 4.82. The summed E-state index contributed by atoms with van der Waals surface area (Å²) in [6.07, 6.45) is 3.89. The molecule has 0 radical (unpaired) electrons. The number of aryl methyl sites for hydroxylation is 1. The monoisotopic (exact) mass is 240 g/mol. The molecule has 2 aromatic heterocycles. The highest BCUT2D eigenvalue weighted by Crippen LogP contribution is 2.10. The van der Waals surface area contributed by atoms with Gasteiger partial charge in [0.1, 0.15) is 5.82 Å². The fraction of sp³-hybridized carbons (Fsp3) is 0.444. The van der Waals surface area contributed by atoms with Crippen molar-refractivity contribution in [2.75, 3.05) is 0 Å². The van der Waals surface area contributed by atoms with Gasteiger partial charge in [0.05, 0.1) is 12.1 Å². The summed E-state index contributed by atoms with van der Waals surface area (Å²) in [5.74, 6) is 1.02. The van der Waals surface area contributed by atoms with E-state index in [0.717, 1.165) is 25.2 Å². The molecular formula is C9H12N4S2. The summed E-state index contributed by atoms with van der Waals surface area (Å²) in [6, 6.07) is 0. The molecule has 2 rings (SSSR count). The van der Waals surface area contributed by atoms with Gasteiger partial charge in [0.25, 0.3) is 0 Å². The van der Waals surface area contributed by atoms with Crippen LogP contribution in [0.1, 0.15) is 24.0 Å². The average Bonchev–Trinajstić information content (AvgIpc) is 2.83. The van der Waals surface area contributed by atoms with Gasteiger partial charge in [0, 0.05) is 17.5 Å². The molecule has 4 nitrogen and oxygen atoms in total. The minimum atomic E-state index is 0.687. The molecule has 2 heterocycles. The number of hydrogen-bond acceptors (Lipinski definition) is 4. The lowest BCUT2D eigenvalue weighted by molar-refractivity contribution is 0.704. The second-order valence-corrected chi connectivity index (χ2v) is 4.61. The van der Waals surface area contributed by atoms with Crippen LogP contribution < -0.4 is 0 Å². The third-order valence-electron chi connectivity index (χ3n) is 2.11. The molecule has 0 unspecified atom stereocenters. The van der Waals surface area contributed by atoms with Crippen LogP contribution in [0.15, 0.2) is 11.7 Å². The quantitative estimate of drug-likeness (QED) is 0.835. The van der Waals surface area contributed by atoms with Gasteiger partial charge in [-0.2, -0.15) is 5.10 Å². The highest BCUT2D eigenvalue weighted by molar-refractivity contribution is 7.71. The zero-order chi connectivity index (χ0) is 10.7. The highest BCUT2D eigenvalue weighted by Gasteiger charge is 2.06. The van der Waals surface area contributed by atoms with Crippen LogP contribution in [0.5, 0.6) is 0 Å². The van der Waals surface area contributed by atoms with Crippen LogP contribution in [0.25, 0.3) is 0 Å². The maximum atomic E-state index is 5.19. The number of aromatic amines is 1. The van der Waals surface area contributed by atoms with E-state index in [0.29, 0.717) is 4.77 Å². The van der Waals surface area contributed by atoms with E-state index < -0.39 is 0 Å². The van der Waals surface area contributed by atoms with Gasteiger partial charge in [-0.25, -0.2) is 0 Å². The van der Waals surface area contributed by atoms with Gasteiger partial charge in [-0.3, -0.25) is 14.6 Å². The Labute approximate surface area is 97.0 Å². The van der Waals surface area contributed by atoms with E-state index in [1.807, 2.05) is 16.3 Å². The number of H-pyrrole nitrogens is 1. The molecule has 6 heteroatoms. The summed E-state index contributed by atoms with van der Waals surface area (Å²) < 4.78 is 2.72. The van der Waals surface area contributed by atoms with Crippen molar-refractivity contribution < 1.29 is 0 Å². The second-order valence-electron chi connectivity index (χ2n) is 3.25. The molecule has 2 aromatic rings. The number of nitrogens with one attached hydrogen (secondary N) is 1. The summed E-state index contributed by atoms with van der Waals surface area (Å²) in [5.41, 5.74) is 1.83. The van der Waals surface area contributed by atoms with E-state index in [4.69, 9.17) is 12.2 Å². The van der Waals surface area contributed by atoms with Crippen LogP contribution in [0.2, 0.25) is 0 Å². The van der Waals surface area contributed by atoms with Crippen LogP contribution in [0, 0.1) is 4.77 Å². The smallest absolute Gasteiger partial charge is 0.195 e. The summed E-state index contributed by atoms with van der Waals surface area (Å²) in [4.78, 5) is 5.25. The van der Waals surface area contributed by atoms with Gasteiger partial charge in [0.2, 0.25) is 0 Å². The Morgan fingerprint density at radius 2 is 2.47 bits per heavy atom. The summed E-state index contributed by atoms with van der Waals surface area (Å²) in [6.45, 7) is 2.91. The van der Waals surface area contributed by atoms with Crippen molar-refractivity contribution >= 4 is 23.6 Å². The second kappa shape index (κ2) is 4.67. The van der Waals surface area contributed by atoms with Gasteiger partial charge >= 0.3 is 0 Å². The van der Waals surface area contributed by atoms with Gasteiger partial charge in [0.15, 0.2) is 4.77 Å². The topological polar surface area (TPSA) is 46.5 Å². The zero-order valence-electron chi connectivity index (χ0n) is 8.43. The van der Waals surface area contributed by atoms with Crippen molar-refractivity contribution in [2.45, 2.75) is 26.3 Å². The van der Waals surface area contributed by atoms with E-state index >= 15 is 0 Å². The lowest BCUT2D eigenvalue weighted by Gasteiger charge is -2.03. The maximum absolute atomic E-state index is 5.19. The van der Waals surface area contributed by atoms with E-state index in [2.05, 4.69) is 22.1 Å². The predicted molar refractivity (Wildman–Crippen MR) is 62.6 cm³/mol. The molecule has 0 aliphatic heterocycles. The van der Waals surface area contributed by atoms with Gasteiger partial charge in [-0.1, -0.05) is 6.92 Å². The zero-order valence-corrected chi connectivity index (χ0v) is 10.1. The van der Waals surface area contributed by atoms with Crippen molar-refractivity contribution in [3.63, 3.8) is 0 Å². The van der Waals surface area contributed by atoms with E-state index in [-0.39, 0.29) is 0 Å². The summed E-state index contributed by atoms with van der Waals surface area (Å²) in [5, 5.41) is 7.05. The first-order chi connectivity index (χ1) is 7.31. The van der Waals surface area contributed by atoms with Gasteiger partial charge < -0.3 is 0 Å². The molecule has 0 saturated carbocycles. The van der Waals surface area contributed by atoms with Crippen molar-refractivity contribution in [3.8, 4) is 0 Å². The Morgan fingerprint density at radius 1 is 1.60 bits per heavy atom. The number of rotatable bonds is 4. The molecule has 0 amide bonds. The summed E-state index contributed by atoms with van der Waals surface area (Å²) in [7, 11) is 0. The third kappa shape index (κ3) is 2.32. The number of aromatic nitrogens is 4. The van der Waals surface area contributed by atoms with Crippen LogP contribution in [-0.2, 0) is 13.0 Å². The van der Waals surface area contributed by atoms with Crippen LogP contribution >= 0.6 is 23.6 Å². The Balaban J connectivity index is 2.26.